The van der Waals surface area contributed by atoms with E-state index in [-0.39, 0.29) is 17.4 Å². The number of furan rings is 1. The summed E-state index contributed by atoms with van der Waals surface area (Å²) < 4.78 is 27.0. The van der Waals surface area contributed by atoms with Crippen LogP contribution < -0.4 is 4.90 Å². The number of hydrogen-bond acceptors (Lipinski definition) is 7. The fourth-order valence-electron chi connectivity index (χ4n) is 3.80. The predicted octanol–water partition coefficient (Wildman–Crippen LogP) is 4.27. The molecule has 9 heteroatoms. The van der Waals surface area contributed by atoms with E-state index in [1.807, 2.05) is 31.2 Å². The number of rotatable bonds is 6. The van der Waals surface area contributed by atoms with E-state index in [1.165, 1.54) is 23.9 Å². The fraction of sp³-hybridized carbons (Fsp3) is 0.261. The molecule has 0 N–H and O–H groups in total. The Morgan fingerprint density at radius 3 is 2.72 bits per heavy atom. The van der Waals surface area contributed by atoms with Gasteiger partial charge in [0.15, 0.2) is 10.9 Å². The summed E-state index contributed by atoms with van der Waals surface area (Å²) in [5.74, 6) is 0.592. The molecule has 1 aliphatic heterocycles. The molecule has 0 unspecified atom stereocenters. The van der Waals surface area contributed by atoms with Crippen molar-refractivity contribution in [2.75, 3.05) is 37.0 Å². The Balaban J connectivity index is 1.44. The van der Waals surface area contributed by atoms with Crippen molar-refractivity contribution in [3.63, 3.8) is 0 Å². The van der Waals surface area contributed by atoms with Gasteiger partial charge in [0.05, 0.1) is 24.7 Å². The first-order valence-electron chi connectivity index (χ1n) is 10.3. The van der Waals surface area contributed by atoms with Gasteiger partial charge in [-0.05, 0) is 31.2 Å². The molecule has 0 radical (unpaired) electrons. The number of nitrogens with zero attached hydrogens (tertiary/aromatic N) is 4. The van der Waals surface area contributed by atoms with E-state index >= 15 is 0 Å². The number of anilines is 1. The fourth-order valence-corrected chi connectivity index (χ4v) is 4.61. The summed E-state index contributed by atoms with van der Waals surface area (Å²) in [4.78, 5) is 15.0. The number of morpholine rings is 1. The van der Waals surface area contributed by atoms with Crippen molar-refractivity contribution in [1.29, 1.82) is 0 Å². The zero-order chi connectivity index (χ0) is 22.1. The lowest BCUT2D eigenvalue weighted by molar-refractivity contribution is 0.0993. The first kappa shape index (κ1) is 20.7. The highest BCUT2D eigenvalue weighted by atomic mass is 32.2. The molecule has 1 saturated heterocycles. The number of ketones is 1. The van der Waals surface area contributed by atoms with Gasteiger partial charge in [-0.15, -0.1) is 10.2 Å². The van der Waals surface area contributed by atoms with Crippen molar-refractivity contribution in [3.05, 3.63) is 65.7 Å². The third-order valence-corrected chi connectivity index (χ3v) is 6.33. The average Bonchev–Trinajstić information content (AvgIpc) is 3.40. The number of para-hydroxylation sites is 1. The van der Waals surface area contributed by atoms with Gasteiger partial charge >= 0.3 is 0 Å². The second-order valence-corrected chi connectivity index (χ2v) is 8.40. The molecular weight excluding hydrogens is 431 g/mol. The maximum atomic E-state index is 14.0. The Morgan fingerprint density at radius 2 is 1.94 bits per heavy atom. The standard InChI is InChI=1S/C23H21FN4O3S/c1-15-18-7-2-3-8-20(18)31-21(15)19(29)14-32-23-26-25-22(27-9-11-30-12-10-27)28(23)17-6-4-5-16(24)13-17/h2-8,13H,9-12,14H2,1H3. The summed E-state index contributed by atoms with van der Waals surface area (Å²) >= 11 is 1.25. The Hall–Kier alpha value is -3.17. The number of ether oxygens (including phenoxy) is 1. The Kier molecular flexibility index (Phi) is 5.67. The molecule has 7 nitrogen and oxygen atoms in total. The van der Waals surface area contributed by atoms with Gasteiger partial charge in [-0.25, -0.2) is 4.39 Å². The van der Waals surface area contributed by atoms with E-state index in [0.29, 0.717) is 54.4 Å². The Labute approximate surface area is 188 Å². The van der Waals surface area contributed by atoms with Crippen molar-refractivity contribution >= 4 is 34.5 Å². The number of thioether (sulfide) groups is 1. The van der Waals surface area contributed by atoms with Crippen LogP contribution in [0.25, 0.3) is 16.7 Å². The normalized spacial score (nSPS) is 14.2. The first-order chi connectivity index (χ1) is 15.6. The van der Waals surface area contributed by atoms with Gasteiger partial charge in [0.1, 0.15) is 11.4 Å². The molecule has 0 spiro atoms. The second kappa shape index (κ2) is 8.76. The zero-order valence-corrected chi connectivity index (χ0v) is 18.3. The summed E-state index contributed by atoms with van der Waals surface area (Å²) in [6, 6.07) is 13.8. The van der Waals surface area contributed by atoms with Crippen LogP contribution in [0.15, 0.2) is 58.1 Å². The van der Waals surface area contributed by atoms with Gasteiger partial charge in [0.25, 0.3) is 0 Å². The maximum Gasteiger partial charge on any atom is 0.232 e. The summed E-state index contributed by atoms with van der Waals surface area (Å²) in [7, 11) is 0. The monoisotopic (exact) mass is 452 g/mol. The molecule has 2 aromatic heterocycles. The van der Waals surface area contributed by atoms with Crippen molar-refractivity contribution in [2.45, 2.75) is 12.1 Å². The first-order valence-corrected chi connectivity index (χ1v) is 11.3. The largest absolute Gasteiger partial charge is 0.453 e. The van der Waals surface area contributed by atoms with Crippen molar-refractivity contribution < 1.29 is 18.3 Å². The minimum absolute atomic E-state index is 0.122. The third kappa shape index (κ3) is 3.89. The molecule has 3 heterocycles. The highest BCUT2D eigenvalue weighted by Crippen LogP contribution is 2.30. The van der Waals surface area contributed by atoms with E-state index < -0.39 is 0 Å². The smallest absolute Gasteiger partial charge is 0.232 e. The van der Waals surface area contributed by atoms with Crippen LogP contribution in [0.2, 0.25) is 0 Å². The van der Waals surface area contributed by atoms with Crippen LogP contribution in [-0.2, 0) is 4.74 Å². The van der Waals surface area contributed by atoms with Crippen LogP contribution in [0.1, 0.15) is 16.1 Å². The van der Waals surface area contributed by atoms with Crippen LogP contribution in [0, 0.1) is 12.7 Å². The molecule has 164 valence electrons. The molecule has 0 aliphatic carbocycles. The number of carbonyl (C=O) groups excluding carboxylic acids is 1. The van der Waals surface area contributed by atoms with E-state index in [2.05, 4.69) is 15.1 Å². The van der Waals surface area contributed by atoms with Crippen molar-refractivity contribution in [3.8, 4) is 5.69 Å². The minimum Gasteiger partial charge on any atom is -0.453 e. The molecule has 0 saturated carbocycles. The molecule has 1 fully saturated rings. The van der Waals surface area contributed by atoms with Crippen LogP contribution in [0.3, 0.4) is 0 Å². The Bertz CT molecular complexity index is 1280. The van der Waals surface area contributed by atoms with Gasteiger partial charge in [0, 0.05) is 24.0 Å². The summed E-state index contributed by atoms with van der Waals surface area (Å²) in [5, 5.41) is 10.1. The molecule has 0 atom stereocenters. The average molecular weight is 453 g/mol. The van der Waals surface area contributed by atoms with Gasteiger partial charge in [0.2, 0.25) is 11.7 Å². The Morgan fingerprint density at radius 1 is 1.12 bits per heavy atom. The highest BCUT2D eigenvalue weighted by Gasteiger charge is 2.24. The molecule has 0 bridgehead atoms. The molecule has 32 heavy (non-hydrogen) atoms. The lowest BCUT2D eigenvalue weighted by Crippen LogP contribution is -2.37. The lowest BCUT2D eigenvalue weighted by atomic mass is 10.1. The minimum atomic E-state index is -0.353. The maximum absolute atomic E-state index is 14.0. The number of aryl methyl sites for hydroxylation is 1. The van der Waals surface area contributed by atoms with Crippen LogP contribution >= 0.6 is 11.8 Å². The quantitative estimate of drug-likeness (QED) is 0.319. The van der Waals surface area contributed by atoms with E-state index in [1.54, 1.807) is 16.7 Å². The number of halogens is 1. The lowest BCUT2D eigenvalue weighted by Gasteiger charge is -2.27. The summed E-state index contributed by atoms with van der Waals surface area (Å²) in [5.41, 5.74) is 2.12. The van der Waals surface area contributed by atoms with E-state index in [4.69, 9.17) is 9.15 Å². The molecule has 5 rings (SSSR count). The predicted molar refractivity (Wildman–Crippen MR) is 120 cm³/mol. The van der Waals surface area contributed by atoms with E-state index in [0.717, 1.165) is 10.9 Å². The van der Waals surface area contributed by atoms with Crippen LogP contribution in [0.4, 0.5) is 10.3 Å². The van der Waals surface area contributed by atoms with Crippen LogP contribution in [-0.4, -0.2) is 52.6 Å². The topological polar surface area (TPSA) is 73.4 Å². The van der Waals surface area contributed by atoms with Crippen LogP contribution in [0.5, 0.6) is 0 Å². The summed E-state index contributed by atoms with van der Waals surface area (Å²) in [6.45, 7) is 4.38. The zero-order valence-electron chi connectivity index (χ0n) is 17.5. The van der Waals surface area contributed by atoms with E-state index in [9.17, 15) is 9.18 Å². The van der Waals surface area contributed by atoms with Crippen molar-refractivity contribution in [2.24, 2.45) is 0 Å². The number of Topliss-reactive ketones (excluding diaryl/α,β-unsaturated/α-hetero) is 1. The number of hydrogen-bond donors (Lipinski definition) is 0. The molecular formula is C23H21FN4O3S. The van der Waals surface area contributed by atoms with Gasteiger partial charge in [-0.2, -0.15) is 0 Å². The highest BCUT2D eigenvalue weighted by molar-refractivity contribution is 7.99. The number of carbonyl (C=O) groups is 1. The summed E-state index contributed by atoms with van der Waals surface area (Å²) in [6.07, 6.45) is 0. The molecule has 0 amide bonds. The number of fused-ring (bicyclic) bond motifs is 1. The second-order valence-electron chi connectivity index (χ2n) is 7.46. The SMILES string of the molecule is Cc1c(C(=O)CSc2nnc(N3CCOCC3)n2-c2cccc(F)c2)oc2ccccc12. The van der Waals surface area contributed by atoms with Gasteiger partial charge in [-0.1, -0.05) is 36.0 Å². The van der Waals surface area contributed by atoms with Gasteiger partial charge < -0.3 is 14.1 Å². The molecule has 2 aromatic carbocycles. The van der Waals surface area contributed by atoms with Gasteiger partial charge in [-0.3, -0.25) is 9.36 Å². The number of benzene rings is 2. The number of aromatic nitrogens is 3. The molecule has 1 aliphatic rings. The van der Waals surface area contributed by atoms with Crippen molar-refractivity contribution in [1.82, 2.24) is 14.8 Å². The third-order valence-electron chi connectivity index (χ3n) is 5.41. The molecule has 4 aromatic rings.